The molecule has 0 aliphatic heterocycles. The summed E-state index contributed by atoms with van der Waals surface area (Å²) in [6.07, 6.45) is 0. The van der Waals surface area contributed by atoms with Crippen LogP contribution >= 0.6 is 0 Å². The normalized spacial score (nSPS) is 9.53. The van der Waals surface area contributed by atoms with Gasteiger partial charge in [-0.25, -0.2) is 4.79 Å². The molecule has 0 saturated carbocycles. The Balaban J connectivity index is 2.47. The van der Waals surface area contributed by atoms with Crippen molar-refractivity contribution in [1.82, 2.24) is 0 Å². The standard InChI is InChI=1S/C12H7NO2/c13-8-9-4-6-10(7-5-9)11-2-1-3-12(14)15-11/h1-7H. The molecule has 0 fully saturated rings. The quantitative estimate of drug-likeness (QED) is 0.704. The molecule has 0 N–H and O–H groups in total. The summed E-state index contributed by atoms with van der Waals surface area (Å²) in [6, 6.07) is 13.6. The highest BCUT2D eigenvalue weighted by Crippen LogP contribution is 2.17. The largest absolute Gasteiger partial charge is 0.423 e. The number of rotatable bonds is 1. The molecule has 1 aromatic heterocycles. The molecule has 0 bridgehead atoms. The number of nitrogens with zero attached hydrogens (tertiary/aromatic N) is 1. The van der Waals surface area contributed by atoms with Crippen LogP contribution in [0.4, 0.5) is 0 Å². The molecule has 0 radical (unpaired) electrons. The van der Waals surface area contributed by atoms with E-state index in [0.29, 0.717) is 11.3 Å². The van der Waals surface area contributed by atoms with Crippen molar-refractivity contribution in [2.75, 3.05) is 0 Å². The van der Waals surface area contributed by atoms with Gasteiger partial charge in [-0.05, 0) is 30.3 Å². The van der Waals surface area contributed by atoms with Crippen LogP contribution in [0, 0.1) is 11.3 Å². The third-order valence-electron chi connectivity index (χ3n) is 1.99. The number of hydrogen-bond acceptors (Lipinski definition) is 3. The smallest absolute Gasteiger partial charge is 0.336 e. The van der Waals surface area contributed by atoms with Gasteiger partial charge in [-0.1, -0.05) is 6.07 Å². The third-order valence-corrected chi connectivity index (χ3v) is 1.99. The van der Waals surface area contributed by atoms with Gasteiger partial charge in [0, 0.05) is 11.6 Å². The molecular weight excluding hydrogens is 190 g/mol. The van der Waals surface area contributed by atoms with E-state index in [1.165, 1.54) is 6.07 Å². The molecule has 15 heavy (non-hydrogen) atoms. The molecule has 0 saturated heterocycles. The summed E-state index contributed by atoms with van der Waals surface area (Å²) in [5.41, 5.74) is 0.987. The van der Waals surface area contributed by atoms with Crippen LogP contribution < -0.4 is 5.63 Å². The number of benzene rings is 1. The Kier molecular flexibility index (Phi) is 2.34. The van der Waals surface area contributed by atoms with E-state index in [2.05, 4.69) is 0 Å². The summed E-state index contributed by atoms with van der Waals surface area (Å²) in [7, 11) is 0. The Labute approximate surface area is 86.2 Å². The number of nitriles is 1. The minimum absolute atomic E-state index is 0.378. The van der Waals surface area contributed by atoms with Crippen molar-refractivity contribution in [1.29, 1.82) is 5.26 Å². The van der Waals surface area contributed by atoms with Gasteiger partial charge in [0.15, 0.2) is 0 Å². The lowest BCUT2D eigenvalue weighted by atomic mass is 10.1. The van der Waals surface area contributed by atoms with Gasteiger partial charge >= 0.3 is 5.63 Å². The highest BCUT2D eigenvalue weighted by Gasteiger charge is 2.00. The van der Waals surface area contributed by atoms with Crippen molar-refractivity contribution in [2.24, 2.45) is 0 Å². The summed E-state index contributed by atoms with van der Waals surface area (Å²) in [6.45, 7) is 0. The highest BCUT2D eigenvalue weighted by atomic mass is 16.4. The first-order valence-electron chi connectivity index (χ1n) is 4.40. The van der Waals surface area contributed by atoms with Crippen LogP contribution in [0.15, 0.2) is 51.7 Å². The molecule has 0 amide bonds. The van der Waals surface area contributed by atoms with E-state index in [-0.39, 0.29) is 5.63 Å². The summed E-state index contributed by atoms with van der Waals surface area (Å²) >= 11 is 0. The van der Waals surface area contributed by atoms with Crippen molar-refractivity contribution in [3.05, 3.63) is 58.4 Å². The molecular formula is C12H7NO2. The maximum atomic E-state index is 11.0. The SMILES string of the molecule is N#Cc1ccc(-c2cccc(=O)o2)cc1. The van der Waals surface area contributed by atoms with Crippen LogP contribution in [0.5, 0.6) is 0 Å². The first kappa shape index (κ1) is 9.22. The Bertz CT molecular complexity index is 561. The zero-order valence-corrected chi connectivity index (χ0v) is 7.81. The van der Waals surface area contributed by atoms with Crippen LogP contribution in [-0.2, 0) is 0 Å². The first-order chi connectivity index (χ1) is 7.29. The van der Waals surface area contributed by atoms with E-state index in [1.807, 2.05) is 6.07 Å². The van der Waals surface area contributed by atoms with Gasteiger partial charge in [0.25, 0.3) is 0 Å². The van der Waals surface area contributed by atoms with E-state index < -0.39 is 0 Å². The van der Waals surface area contributed by atoms with Gasteiger partial charge in [-0.3, -0.25) is 0 Å². The van der Waals surface area contributed by atoms with Gasteiger partial charge in [0.1, 0.15) is 5.76 Å². The van der Waals surface area contributed by atoms with Crippen molar-refractivity contribution >= 4 is 0 Å². The average molecular weight is 197 g/mol. The second-order valence-corrected chi connectivity index (χ2v) is 3.00. The van der Waals surface area contributed by atoms with Gasteiger partial charge in [-0.2, -0.15) is 5.26 Å². The molecule has 72 valence electrons. The topological polar surface area (TPSA) is 54.0 Å². The van der Waals surface area contributed by atoms with Crippen LogP contribution in [-0.4, -0.2) is 0 Å². The fourth-order valence-electron chi connectivity index (χ4n) is 1.25. The molecule has 2 rings (SSSR count). The zero-order valence-electron chi connectivity index (χ0n) is 7.81. The lowest BCUT2D eigenvalue weighted by Crippen LogP contribution is -1.95. The Morgan fingerprint density at radius 2 is 1.80 bits per heavy atom. The average Bonchev–Trinajstić information content (AvgIpc) is 2.29. The maximum Gasteiger partial charge on any atom is 0.336 e. The summed E-state index contributed by atoms with van der Waals surface area (Å²) in [5, 5.41) is 8.62. The third kappa shape index (κ3) is 1.94. The molecule has 0 unspecified atom stereocenters. The Morgan fingerprint density at radius 1 is 1.07 bits per heavy atom. The minimum Gasteiger partial charge on any atom is -0.423 e. The van der Waals surface area contributed by atoms with Crippen LogP contribution in [0.2, 0.25) is 0 Å². The fourth-order valence-corrected chi connectivity index (χ4v) is 1.25. The second kappa shape index (κ2) is 3.81. The fraction of sp³-hybridized carbons (Fsp3) is 0. The van der Waals surface area contributed by atoms with Gasteiger partial charge in [0.2, 0.25) is 0 Å². The Morgan fingerprint density at radius 3 is 2.40 bits per heavy atom. The van der Waals surface area contributed by atoms with Crippen molar-refractivity contribution < 1.29 is 4.42 Å². The predicted molar refractivity (Wildman–Crippen MR) is 55.1 cm³/mol. The molecule has 0 atom stereocenters. The summed E-state index contributed by atoms with van der Waals surface area (Å²) in [5.74, 6) is 0.506. The monoisotopic (exact) mass is 197 g/mol. The van der Waals surface area contributed by atoms with Crippen molar-refractivity contribution in [2.45, 2.75) is 0 Å². The predicted octanol–water partition coefficient (Wildman–Crippen LogP) is 2.18. The molecule has 1 heterocycles. The number of hydrogen-bond donors (Lipinski definition) is 0. The van der Waals surface area contributed by atoms with Gasteiger partial charge < -0.3 is 4.42 Å². The molecule has 0 spiro atoms. The molecule has 0 aliphatic carbocycles. The molecule has 3 nitrogen and oxygen atoms in total. The van der Waals surface area contributed by atoms with Gasteiger partial charge in [-0.15, -0.1) is 0 Å². The Hall–Kier alpha value is -2.34. The molecule has 3 heteroatoms. The highest BCUT2D eigenvalue weighted by molar-refractivity contribution is 5.57. The minimum atomic E-state index is -0.378. The lowest BCUT2D eigenvalue weighted by molar-refractivity contribution is 0.526. The molecule has 0 aliphatic rings. The summed E-state index contributed by atoms with van der Waals surface area (Å²) < 4.78 is 5.00. The van der Waals surface area contributed by atoms with Crippen LogP contribution in [0.3, 0.4) is 0 Å². The van der Waals surface area contributed by atoms with Crippen molar-refractivity contribution in [3.8, 4) is 17.4 Å². The van der Waals surface area contributed by atoms with E-state index in [0.717, 1.165) is 5.56 Å². The van der Waals surface area contributed by atoms with E-state index in [9.17, 15) is 4.79 Å². The van der Waals surface area contributed by atoms with Gasteiger partial charge in [0.05, 0.1) is 11.6 Å². The molecule has 2 aromatic rings. The zero-order chi connectivity index (χ0) is 10.7. The van der Waals surface area contributed by atoms with Crippen LogP contribution in [0.25, 0.3) is 11.3 Å². The van der Waals surface area contributed by atoms with Crippen molar-refractivity contribution in [3.63, 3.8) is 0 Å². The van der Waals surface area contributed by atoms with E-state index in [1.54, 1.807) is 36.4 Å². The van der Waals surface area contributed by atoms with E-state index in [4.69, 9.17) is 9.68 Å². The molecule has 1 aromatic carbocycles. The first-order valence-corrected chi connectivity index (χ1v) is 4.40. The summed E-state index contributed by atoms with van der Waals surface area (Å²) in [4.78, 5) is 11.0. The lowest BCUT2D eigenvalue weighted by Gasteiger charge is -1.98. The maximum absolute atomic E-state index is 11.0. The van der Waals surface area contributed by atoms with Crippen LogP contribution in [0.1, 0.15) is 5.56 Å². The second-order valence-electron chi connectivity index (χ2n) is 3.00. The van der Waals surface area contributed by atoms with E-state index >= 15 is 0 Å².